The molecule has 0 bridgehead atoms. The fraction of sp³-hybridized carbons (Fsp3) is 0.562. The van der Waals surface area contributed by atoms with E-state index in [-0.39, 0.29) is 6.42 Å². The van der Waals surface area contributed by atoms with Gasteiger partial charge in [0.25, 0.3) is 14.3 Å². The average molecular weight is 368 g/mol. The zero-order valence-corrected chi connectivity index (χ0v) is 14.9. The molecule has 0 amide bonds. The molecule has 0 atom stereocenters. The van der Waals surface area contributed by atoms with Gasteiger partial charge < -0.3 is 4.43 Å². The minimum atomic E-state index is -3.64. The van der Waals surface area contributed by atoms with E-state index >= 15 is 0 Å². The summed E-state index contributed by atoms with van der Waals surface area (Å²) in [5, 5.41) is -1.02. The van der Waals surface area contributed by atoms with Crippen molar-refractivity contribution >= 4 is 19.5 Å². The van der Waals surface area contributed by atoms with Gasteiger partial charge in [-0.25, -0.2) is 22.0 Å². The van der Waals surface area contributed by atoms with Crippen LogP contribution in [0.1, 0.15) is 45.4 Å². The predicted molar refractivity (Wildman–Crippen MR) is 82.8 cm³/mol. The van der Waals surface area contributed by atoms with Crippen LogP contribution in [0, 0.1) is 29.1 Å². The first-order valence-corrected chi connectivity index (χ1v) is 10.8. The monoisotopic (exact) mass is 368 g/mol. The van der Waals surface area contributed by atoms with Gasteiger partial charge in [-0.05, 0) is 19.5 Å². The lowest BCUT2D eigenvalue weighted by atomic mass is 10.1. The molecule has 0 spiro atoms. The Kier molecular flexibility index (Phi) is 7.38. The van der Waals surface area contributed by atoms with Gasteiger partial charge in [-0.2, -0.15) is 0 Å². The normalized spacial score (nSPS) is 11.7. The van der Waals surface area contributed by atoms with E-state index in [1.54, 1.807) is 0 Å². The molecular weight excluding hydrogens is 347 g/mol. The number of hydrogen-bond acceptors (Lipinski definition) is 2. The number of carbonyl (C=O) groups excluding carboxylic acids is 1. The van der Waals surface area contributed by atoms with Gasteiger partial charge in [0.2, 0.25) is 5.82 Å². The molecule has 24 heavy (non-hydrogen) atoms. The molecule has 0 aliphatic rings. The smallest absolute Gasteiger partial charge is 0.292 e. The van der Waals surface area contributed by atoms with Crippen LogP contribution < -0.4 is 5.19 Å². The molecule has 0 heterocycles. The second-order valence-corrected chi connectivity index (χ2v) is 9.82. The first kappa shape index (κ1) is 20.6. The van der Waals surface area contributed by atoms with Crippen LogP contribution in [-0.4, -0.2) is 14.3 Å². The fourth-order valence-corrected chi connectivity index (χ4v) is 4.44. The first-order chi connectivity index (χ1) is 11.1. The van der Waals surface area contributed by atoms with Gasteiger partial charge >= 0.3 is 0 Å². The number of rotatable bonds is 8. The number of benzene rings is 1. The van der Waals surface area contributed by atoms with E-state index in [2.05, 4.69) is 0 Å². The van der Waals surface area contributed by atoms with Crippen molar-refractivity contribution < 1.29 is 31.2 Å². The molecule has 8 heteroatoms. The molecule has 0 saturated heterocycles. The highest BCUT2D eigenvalue weighted by atomic mass is 28.4. The summed E-state index contributed by atoms with van der Waals surface area (Å²) in [5.41, 5.74) is 0. The summed E-state index contributed by atoms with van der Waals surface area (Å²) in [7, 11) is -3.64. The molecule has 2 nitrogen and oxygen atoms in total. The summed E-state index contributed by atoms with van der Waals surface area (Å²) in [6.07, 6.45) is 4.47. The molecule has 0 unspecified atom stereocenters. The molecule has 0 fully saturated rings. The Morgan fingerprint density at radius 2 is 1.29 bits per heavy atom. The summed E-state index contributed by atoms with van der Waals surface area (Å²) in [4.78, 5) is 11.8. The van der Waals surface area contributed by atoms with Crippen molar-refractivity contribution in [2.75, 3.05) is 0 Å². The highest BCUT2D eigenvalue weighted by Gasteiger charge is 2.40. The molecule has 0 N–H and O–H groups in total. The van der Waals surface area contributed by atoms with Gasteiger partial charge in [-0.3, -0.25) is 4.79 Å². The Morgan fingerprint density at radius 1 is 0.833 bits per heavy atom. The number of unbranched alkanes of at least 4 members (excludes halogenated alkanes) is 4. The van der Waals surface area contributed by atoms with Crippen molar-refractivity contribution in [3.05, 3.63) is 29.1 Å². The molecule has 1 aromatic carbocycles. The largest absolute Gasteiger partial charge is 0.515 e. The predicted octanol–water partition coefficient (Wildman–Crippen LogP) is 4.70. The molecule has 0 radical (unpaired) electrons. The van der Waals surface area contributed by atoms with Gasteiger partial charge in [0.15, 0.2) is 23.3 Å². The summed E-state index contributed by atoms with van der Waals surface area (Å²) in [5.74, 6) is -10.8. The van der Waals surface area contributed by atoms with Crippen molar-refractivity contribution in [3.63, 3.8) is 0 Å². The lowest BCUT2D eigenvalue weighted by Crippen LogP contribution is -2.51. The van der Waals surface area contributed by atoms with Crippen LogP contribution >= 0.6 is 0 Å². The maximum absolute atomic E-state index is 13.9. The van der Waals surface area contributed by atoms with E-state index in [1.807, 2.05) is 6.92 Å². The van der Waals surface area contributed by atoms with Crippen molar-refractivity contribution in [1.82, 2.24) is 0 Å². The molecule has 0 aromatic heterocycles. The number of halogens is 5. The SMILES string of the molecule is CCCCCCCC(=O)O[Si](C)(C)c1c(F)c(F)c(F)c(F)c1F. The summed E-state index contributed by atoms with van der Waals surface area (Å²) < 4.78 is 72.6. The summed E-state index contributed by atoms with van der Waals surface area (Å²) in [6, 6.07) is 0. The van der Waals surface area contributed by atoms with Crippen molar-refractivity contribution in [3.8, 4) is 0 Å². The zero-order chi connectivity index (χ0) is 18.5. The summed E-state index contributed by atoms with van der Waals surface area (Å²) >= 11 is 0. The molecule has 1 aromatic rings. The molecule has 0 aliphatic carbocycles. The molecule has 1 rings (SSSR count). The third kappa shape index (κ3) is 4.78. The molecular formula is C16H21F5O2Si. The summed E-state index contributed by atoms with van der Waals surface area (Å²) in [6.45, 7) is 4.49. The van der Waals surface area contributed by atoms with Crippen LogP contribution in [0.2, 0.25) is 13.1 Å². The standard InChI is InChI=1S/C16H21F5O2Si/c1-4-5-6-7-8-9-10(22)23-24(2,3)16-14(20)12(18)11(17)13(19)15(16)21/h4-9H2,1-3H3. The third-order valence-electron chi connectivity index (χ3n) is 3.67. The van der Waals surface area contributed by atoms with E-state index in [4.69, 9.17) is 4.43 Å². The van der Waals surface area contributed by atoms with E-state index in [9.17, 15) is 26.7 Å². The maximum atomic E-state index is 13.9. The van der Waals surface area contributed by atoms with Crippen molar-refractivity contribution in [1.29, 1.82) is 0 Å². The van der Waals surface area contributed by atoms with Crippen molar-refractivity contribution in [2.45, 2.75) is 58.5 Å². The van der Waals surface area contributed by atoms with E-state index < -0.39 is 48.6 Å². The highest BCUT2D eigenvalue weighted by Crippen LogP contribution is 2.21. The molecule has 0 saturated carbocycles. The van der Waals surface area contributed by atoms with Gasteiger partial charge in [-0.15, -0.1) is 0 Å². The van der Waals surface area contributed by atoms with E-state index in [1.165, 1.54) is 13.1 Å². The van der Waals surface area contributed by atoms with Gasteiger partial charge in [-0.1, -0.05) is 32.6 Å². The van der Waals surface area contributed by atoms with Crippen LogP contribution in [-0.2, 0) is 9.22 Å². The Morgan fingerprint density at radius 3 is 1.79 bits per heavy atom. The third-order valence-corrected chi connectivity index (χ3v) is 6.05. The Balaban J connectivity index is 2.87. The van der Waals surface area contributed by atoms with Crippen molar-refractivity contribution in [2.24, 2.45) is 0 Å². The van der Waals surface area contributed by atoms with Gasteiger partial charge in [0.05, 0.1) is 5.19 Å². The average Bonchev–Trinajstić information content (AvgIpc) is 2.50. The fourth-order valence-electron chi connectivity index (χ4n) is 2.39. The molecule has 136 valence electrons. The van der Waals surface area contributed by atoms with Crippen LogP contribution in [0.25, 0.3) is 0 Å². The quantitative estimate of drug-likeness (QED) is 0.219. The minimum Gasteiger partial charge on any atom is -0.515 e. The van der Waals surface area contributed by atoms with E-state index in [0.717, 1.165) is 25.7 Å². The molecule has 0 aliphatic heterocycles. The van der Waals surface area contributed by atoms with E-state index in [0.29, 0.717) is 6.42 Å². The van der Waals surface area contributed by atoms with Gasteiger partial charge in [0, 0.05) is 6.42 Å². The lowest BCUT2D eigenvalue weighted by Gasteiger charge is -2.24. The number of carbonyl (C=O) groups is 1. The second-order valence-electron chi connectivity index (χ2n) is 6.09. The Labute approximate surface area is 139 Å². The first-order valence-electron chi connectivity index (χ1n) is 7.87. The Bertz CT molecular complexity index is 576. The van der Waals surface area contributed by atoms with Crippen LogP contribution in [0.4, 0.5) is 22.0 Å². The van der Waals surface area contributed by atoms with Crippen LogP contribution in [0.15, 0.2) is 0 Å². The van der Waals surface area contributed by atoms with Crippen LogP contribution in [0.3, 0.4) is 0 Å². The lowest BCUT2D eigenvalue weighted by molar-refractivity contribution is -0.135. The second kappa shape index (κ2) is 8.59. The number of hydrogen-bond donors (Lipinski definition) is 0. The topological polar surface area (TPSA) is 26.3 Å². The Hall–Kier alpha value is -1.44. The van der Waals surface area contributed by atoms with Gasteiger partial charge in [0.1, 0.15) is 0 Å². The zero-order valence-electron chi connectivity index (χ0n) is 13.9. The maximum Gasteiger partial charge on any atom is 0.292 e. The highest BCUT2D eigenvalue weighted by molar-refractivity contribution is 6.85. The van der Waals surface area contributed by atoms with Crippen LogP contribution in [0.5, 0.6) is 0 Å². The minimum absolute atomic E-state index is 0.0511.